The van der Waals surface area contributed by atoms with Crippen LogP contribution in [0.1, 0.15) is 37.8 Å². The van der Waals surface area contributed by atoms with Crippen molar-refractivity contribution in [3.05, 3.63) is 69.7 Å². The highest BCUT2D eigenvalue weighted by molar-refractivity contribution is 7.07. The minimum absolute atomic E-state index is 0.0672. The van der Waals surface area contributed by atoms with Crippen LogP contribution in [-0.2, 0) is 16.0 Å². The van der Waals surface area contributed by atoms with Crippen LogP contribution in [0.4, 0.5) is 0 Å². The van der Waals surface area contributed by atoms with Crippen LogP contribution in [0.25, 0.3) is 16.7 Å². The standard InChI is InChI=1S/C30H33N3O4S/c1-30(2)18-36-9-8-33(30)29(34)22-6-4-5-20(11-19-7-10-38-17-19)28-24-12-23(21-14-31-32-15-21)26(35-3)13-27(24)37-16-25(22)28/h6-7,10,12-15,17,20H,4-5,8-9,11,16,18H2,1-3H3,(H,31,32). The second-order valence-corrected chi connectivity index (χ2v) is 11.5. The summed E-state index contributed by atoms with van der Waals surface area (Å²) in [6.45, 7) is 6.19. The van der Waals surface area contributed by atoms with E-state index in [0.29, 0.717) is 26.4 Å². The Morgan fingerprint density at radius 2 is 2.21 bits per heavy atom. The van der Waals surface area contributed by atoms with Crippen LogP contribution in [0.3, 0.4) is 0 Å². The molecule has 2 aliphatic heterocycles. The van der Waals surface area contributed by atoms with Gasteiger partial charge in [-0.25, -0.2) is 0 Å². The molecule has 3 aliphatic rings. The Morgan fingerprint density at radius 1 is 1.32 bits per heavy atom. The molecule has 8 heteroatoms. The molecule has 6 rings (SSSR count). The third-order valence-corrected chi connectivity index (χ3v) is 8.61. The number of morpholine rings is 1. The SMILES string of the molecule is COc1cc2c(cc1-c1cn[nH]c1)C1=C(CO2)C(C(=O)N2CCOCC2(C)C)=CCCC1Cc1ccsc1. The van der Waals surface area contributed by atoms with Crippen LogP contribution in [0.5, 0.6) is 11.5 Å². The number of allylic oxidation sites excluding steroid dienone is 2. The van der Waals surface area contributed by atoms with Crippen molar-refractivity contribution in [3.63, 3.8) is 0 Å². The number of aromatic amines is 1. The van der Waals surface area contributed by atoms with Gasteiger partial charge in [-0.05, 0) is 73.1 Å². The number of thiophene rings is 1. The van der Waals surface area contributed by atoms with E-state index in [9.17, 15) is 4.79 Å². The van der Waals surface area contributed by atoms with Gasteiger partial charge in [0, 0.05) is 46.6 Å². The van der Waals surface area contributed by atoms with Crippen LogP contribution < -0.4 is 9.47 Å². The van der Waals surface area contributed by atoms with Crippen LogP contribution in [0.15, 0.2) is 58.6 Å². The van der Waals surface area contributed by atoms with Crippen molar-refractivity contribution in [2.75, 3.05) is 33.5 Å². The maximum Gasteiger partial charge on any atom is 0.254 e. The lowest BCUT2D eigenvalue weighted by Gasteiger charge is -2.43. The molecule has 1 aromatic carbocycles. The summed E-state index contributed by atoms with van der Waals surface area (Å²) in [4.78, 5) is 16.1. The number of rotatable bonds is 5. The van der Waals surface area contributed by atoms with Gasteiger partial charge in [0.1, 0.15) is 18.1 Å². The molecule has 38 heavy (non-hydrogen) atoms. The van der Waals surface area contributed by atoms with Gasteiger partial charge in [0.05, 0.1) is 32.1 Å². The molecule has 1 amide bonds. The fraction of sp³-hybridized carbons (Fsp3) is 0.400. The molecule has 0 spiro atoms. The first kappa shape index (κ1) is 24.9. The summed E-state index contributed by atoms with van der Waals surface area (Å²) in [7, 11) is 1.67. The number of amides is 1. The smallest absolute Gasteiger partial charge is 0.254 e. The Hall–Kier alpha value is -3.36. The first-order valence-electron chi connectivity index (χ1n) is 13.1. The Balaban J connectivity index is 1.50. The fourth-order valence-corrected chi connectivity index (χ4v) is 6.64. The number of nitrogens with one attached hydrogen (secondary N) is 1. The maximum atomic E-state index is 14.1. The van der Waals surface area contributed by atoms with Gasteiger partial charge in [-0.2, -0.15) is 16.4 Å². The van der Waals surface area contributed by atoms with Gasteiger partial charge < -0.3 is 19.1 Å². The number of hydrogen-bond acceptors (Lipinski definition) is 6. The minimum atomic E-state index is -0.367. The Labute approximate surface area is 227 Å². The highest BCUT2D eigenvalue weighted by atomic mass is 32.1. The summed E-state index contributed by atoms with van der Waals surface area (Å²) >= 11 is 1.72. The van der Waals surface area contributed by atoms with E-state index in [1.54, 1.807) is 24.6 Å². The first-order valence-corrected chi connectivity index (χ1v) is 14.1. The molecule has 1 aliphatic carbocycles. The number of carbonyl (C=O) groups excluding carboxylic acids is 1. The molecule has 1 atom stereocenters. The third kappa shape index (κ3) is 4.46. The largest absolute Gasteiger partial charge is 0.496 e. The predicted octanol–water partition coefficient (Wildman–Crippen LogP) is 5.51. The van der Waals surface area contributed by atoms with E-state index in [2.05, 4.69) is 53.0 Å². The molecule has 3 aromatic rings. The lowest BCUT2D eigenvalue weighted by Crippen LogP contribution is -2.56. The minimum Gasteiger partial charge on any atom is -0.496 e. The second kappa shape index (κ2) is 10.1. The molecule has 0 bridgehead atoms. The van der Waals surface area contributed by atoms with E-state index in [1.807, 2.05) is 17.2 Å². The molecule has 1 N–H and O–H groups in total. The number of fused-ring (bicyclic) bond motifs is 2. The third-order valence-electron chi connectivity index (χ3n) is 7.88. The molecule has 1 fully saturated rings. The number of hydrogen-bond donors (Lipinski definition) is 1. The zero-order valence-electron chi connectivity index (χ0n) is 22.1. The zero-order valence-corrected chi connectivity index (χ0v) is 22.9. The Bertz CT molecular complexity index is 1390. The normalized spacial score (nSPS) is 20.7. The lowest BCUT2D eigenvalue weighted by molar-refractivity contribution is -0.141. The second-order valence-electron chi connectivity index (χ2n) is 10.8. The molecule has 7 nitrogen and oxygen atoms in total. The Kier molecular flexibility index (Phi) is 6.61. The maximum absolute atomic E-state index is 14.1. The molecular formula is C30H33N3O4S. The molecule has 1 saturated heterocycles. The van der Waals surface area contributed by atoms with Crippen molar-refractivity contribution in [1.29, 1.82) is 0 Å². The average molecular weight is 532 g/mol. The van der Waals surface area contributed by atoms with E-state index in [1.165, 1.54) is 11.1 Å². The van der Waals surface area contributed by atoms with Gasteiger partial charge in [0.15, 0.2) is 0 Å². The Morgan fingerprint density at radius 3 is 2.95 bits per heavy atom. The highest BCUT2D eigenvalue weighted by Gasteiger charge is 2.39. The number of methoxy groups -OCH3 is 1. The summed E-state index contributed by atoms with van der Waals surface area (Å²) in [5, 5.41) is 11.4. The van der Waals surface area contributed by atoms with Crippen molar-refractivity contribution in [2.24, 2.45) is 5.92 Å². The van der Waals surface area contributed by atoms with Gasteiger partial charge in [-0.1, -0.05) is 6.08 Å². The van der Waals surface area contributed by atoms with E-state index >= 15 is 0 Å². The van der Waals surface area contributed by atoms with Gasteiger partial charge in [-0.15, -0.1) is 0 Å². The van der Waals surface area contributed by atoms with Crippen molar-refractivity contribution in [2.45, 2.75) is 38.6 Å². The summed E-state index contributed by atoms with van der Waals surface area (Å²) in [5.41, 5.74) is 6.88. The molecule has 0 saturated carbocycles. The van der Waals surface area contributed by atoms with Crippen LogP contribution in [0.2, 0.25) is 0 Å². The molecule has 2 aromatic heterocycles. The summed E-state index contributed by atoms with van der Waals surface area (Å²) in [6.07, 6.45) is 8.54. The van der Waals surface area contributed by atoms with E-state index < -0.39 is 0 Å². The van der Waals surface area contributed by atoms with Crippen molar-refractivity contribution in [3.8, 4) is 22.6 Å². The highest BCUT2D eigenvalue weighted by Crippen LogP contribution is 2.48. The molecule has 4 heterocycles. The quantitative estimate of drug-likeness (QED) is 0.470. The van der Waals surface area contributed by atoms with Crippen molar-refractivity contribution in [1.82, 2.24) is 15.1 Å². The van der Waals surface area contributed by atoms with E-state index in [4.69, 9.17) is 14.2 Å². The summed E-state index contributed by atoms with van der Waals surface area (Å²) in [6, 6.07) is 6.33. The van der Waals surface area contributed by atoms with Crippen molar-refractivity contribution < 1.29 is 19.0 Å². The number of carbonyl (C=O) groups is 1. The number of aromatic nitrogens is 2. The number of ether oxygens (including phenoxy) is 3. The number of benzene rings is 1. The van der Waals surface area contributed by atoms with Gasteiger partial charge in [0.25, 0.3) is 5.91 Å². The monoisotopic (exact) mass is 531 g/mol. The fourth-order valence-electron chi connectivity index (χ4n) is 5.95. The molecule has 1 unspecified atom stereocenters. The van der Waals surface area contributed by atoms with Crippen LogP contribution in [-0.4, -0.2) is 60.0 Å². The van der Waals surface area contributed by atoms with E-state index in [0.717, 1.165) is 58.6 Å². The van der Waals surface area contributed by atoms with Gasteiger partial charge in [0.2, 0.25) is 0 Å². The average Bonchev–Trinajstić information content (AvgIpc) is 3.60. The summed E-state index contributed by atoms with van der Waals surface area (Å²) < 4.78 is 17.8. The number of nitrogens with zero attached hydrogens (tertiary/aromatic N) is 2. The lowest BCUT2D eigenvalue weighted by atomic mass is 9.80. The van der Waals surface area contributed by atoms with Crippen LogP contribution in [0, 0.1) is 5.92 Å². The van der Waals surface area contributed by atoms with Gasteiger partial charge in [-0.3, -0.25) is 9.89 Å². The van der Waals surface area contributed by atoms with Crippen molar-refractivity contribution >= 4 is 22.8 Å². The van der Waals surface area contributed by atoms with Crippen LogP contribution >= 0.6 is 11.3 Å². The zero-order chi connectivity index (χ0) is 26.3. The van der Waals surface area contributed by atoms with Gasteiger partial charge >= 0.3 is 0 Å². The number of H-pyrrole nitrogens is 1. The predicted molar refractivity (Wildman–Crippen MR) is 148 cm³/mol. The molecule has 0 radical (unpaired) electrons. The molecular weight excluding hydrogens is 498 g/mol. The topological polar surface area (TPSA) is 76.7 Å². The summed E-state index contributed by atoms with van der Waals surface area (Å²) in [5.74, 6) is 1.85. The van der Waals surface area contributed by atoms with E-state index in [-0.39, 0.29) is 17.4 Å². The molecule has 198 valence electrons. The first-order chi connectivity index (χ1) is 18.5.